The van der Waals surface area contributed by atoms with E-state index in [-0.39, 0.29) is 22.6 Å². The van der Waals surface area contributed by atoms with Crippen LogP contribution in [0.4, 0.5) is 4.39 Å². The summed E-state index contributed by atoms with van der Waals surface area (Å²) < 4.78 is 13.9. The van der Waals surface area contributed by atoms with E-state index in [4.69, 9.17) is 0 Å². The quantitative estimate of drug-likeness (QED) is 0.707. The van der Waals surface area contributed by atoms with Crippen molar-refractivity contribution in [1.82, 2.24) is 4.98 Å². The summed E-state index contributed by atoms with van der Waals surface area (Å²) in [5, 5.41) is 0. The Bertz CT molecular complexity index is 1130. The van der Waals surface area contributed by atoms with Crippen LogP contribution in [0.1, 0.15) is 42.3 Å². The lowest BCUT2D eigenvalue weighted by molar-refractivity contribution is 0.106. The van der Waals surface area contributed by atoms with Gasteiger partial charge in [0.2, 0.25) is 0 Å². The number of hydrogen-bond donors (Lipinski definition) is 1. The summed E-state index contributed by atoms with van der Waals surface area (Å²) in [5.74, 6) is -0.495. The van der Waals surface area contributed by atoms with Crippen molar-refractivity contribution in [2.75, 3.05) is 0 Å². The molecule has 0 spiro atoms. The normalized spacial score (nSPS) is 13.2. The van der Waals surface area contributed by atoms with Crippen LogP contribution >= 0.6 is 11.3 Å². The van der Waals surface area contributed by atoms with E-state index in [2.05, 4.69) is 25.8 Å². The van der Waals surface area contributed by atoms with Gasteiger partial charge in [0.15, 0.2) is 5.78 Å². The third-order valence-electron chi connectivity index (χ3n) is 4.15. The summed E-state index contributed by atoms with van der Waals surface area (Å²) in [5.41, 5.74) is 2.20. The van der Waals surface area contributed by atoms with Gasteiger partial charge in [0.25, 0.3) is 5.56 Å². The van der Waals surface area contributed by atoms with Gasteiger partial charge in [0.05, 0.1) is 9.20 Å². The largest absolute Gasteiger partial charge is 0.313 e. The highest BCUT2D eigenvalue weighted by Gasteiger charge is 2.13. The molecule has 0 atom stereocenters. The summed E-state index contributed by atoms with van der Waals surface area (Å²) in [7, 11) is 0. The van der Waals surface area contributed by atoms with Gasteiger partial charge in [0, 0.05) is 11.6 Å². The van der Waals surface area contributed by atoms with Crippen molar-refractivity contribution < 1.29 is 9.18 Å². The van der Waals surface area contributed by atoms with Crippen molar-refractivity contribution in [1.29, 1.82) is 0 Å². The fourth-order valence-electron chi connectivity index (χ4n) is 2.57. The Hall–Kier alpha value is -2.79. The van der Waals surface area contributed by atoms with Crippen LogP contribution in [0.25, 0.3) is 12.2 Å². The van der Waals surface area contributed by atoms with E-state index >= 15 is 0 Å². The van der Waals surface area contributed by atoms with Crippen LogP contribution in [-0.4, -0.2) is 10.8 Å². The van der Waals surface area contributed by atoms with Crippen molar-refractivity contribution in [3.05, 3.63) is 90.6 Å². The van der Waals surface area contributed by atoms with Gasteiger partial charge in [-0.2, -0.15) is 0 Å². The summed E-state index contributed by atoms with van der Waals surface area (Å²) >= 11 is 1.20. The van der Waals surface area contributed by atoms with E-state index in [1.54, 1.807) is 30.3 Å². The number of H-pyrrole nitrogens is 1. The zero-order valence-electron chi connectivity index (χ0n) is 15.4. The minimum absolute atomic E-state index is 0.0232. The van der Waals surface area contributed by atoms with E-state index in [1.807, 2.05) is 12.1 Å². The Morgan fingerprint density at radius 3 is 2.26 bits per heavy atom. The molecule has 0 bridgehead atoms. The fraction of sp³-hybridized carbons (Fsp3) is 0.182. The molecule has 0 radical (unpaired) electrons. The Labute approximate surface area is 160 Å². The lowest BCUT2D eigenvalue weighted by Crippen LogP contribution is -2.20. The number of carbonyl (C=O) groups excluding carboxylic acids is 1. The number of carbonyl (C=O) groups is 1. The number of hydrogen-bond acceptors (Lipinski definition) is 3. The van der Waals surface area contributed by atoms with Gasteiger partial charge in [-0.1, -0.05) is 57.2 Å². The Morgan fingerprint density at radius 1 is 1.04 bits per heavy atom. The molecule has 27 heavy (non-hydrogen) atoms. The lowest BCUT2D eigenvalue weighted by atomic mass is 9.86. The van der Waals surface area contributed by atoms with Gasteiger partial charge < -0.3 is 4.98 Å². The molecule has 5 heteroatoms. The third kappa shape index (κ3) is 4.68. The number of ketones is 1. The van der Waals surface area contributed by atoms with Gasteiger partial charge in [-0.3, -0.25) is 9.59 Å². The molecule has 1 aromatic heterocycles. The molecule has 3 rings (SSSR count). The molecule has 0 unspecified atom stereocenters. The van der Waals surface area contributed by atoms with Crippen LogP contribution < -0.4 is 14.8 Å². The molecule has 0 aliphatic rings. The molecule has 1 N–H and O–H groups in total. The molecule has 138 valence electrons. The molecule has 0 fully saturated rings. The molecule has 2 aromatic carbocycles. The van der Waals surface area contributed by atoms with E-state index in [9.17, 15) is 14.0 Å². The number of aromatic amines is 1. The zero-order valence-corrected chi connectivity index (χ0v) is 16.2. The van der Waals surface area contributed by atoms with Gasteiger partial charge in [-0.15, -0.1) is 11.3 Å². The second kappa shape index (κ2) is 7.45. The average Bonchev–Trinajstić information content (AvgIpc) is 2.95. The number of Topliss-reactive ketones (excluding diaryl/α,β-unsaturated/α-hetero) is 1. The van der Waals surface area contributed by atoms with Crippen LogP contribution in [0.5, 0.6) is 0 Å². The molecule has 0 aliphatic heterocycles. The average molecular weight is 381 g/mol. The Balaban J connectivity index is 1.90. The predicted molar refractivity (Wildman–Crippen MR) is 108 cm³/mol. The first kappa shape index (κ1) is 19.0. The van der Waals surface area contributed by atoms with Gasteiger partial charge in [-0.05, 0) is 34.8 Å². The smallest absolute Gasteiger partial charge is 0.266 e. The molecule has 0 saturated heterocycles. The fourth-order valence-corrected chi connectivity index (χ4v) is 3.46. The van der Waals surface area contributed by atoms with E-state index in [1.165, 1.54) is 29.5 Å². The minimum atomic E-state index is -0.329. The maximum atomic E-state index is 13.0. The highest BCUT2D eigenvalue weighted by Crippen LogP contribution is 2.22. The number of benzene rings is 2. The maximum absolute atomic E-state index is 13.0. The van der Waals surface area contributed by atoms with Crippen LogP contribution in [0, 0.1) is 5.82 Å². The van der Waals surface area contributed by atoms with Crippen LogP contribution in [0.15, 0.2) is 53.3 Å². The summed E-state index contributed by atoms with van der Waals surface area (Å²) in [6.45, 7) is 6.35. The highest BCUT2D eigenvalue weighted by atomic mass is 32.1. The number of aromatic nitrogens is 1. The summed E-state index contributed by atoms with van der Waals surface area (Å²) in [6.07, 6.45) is 3.10. The second-order valence-corrected chi connectivity index (χ2v) is 8.40. The van der Waals surface area contributed by atoms with Crippen molar-refractivity contribution >= 4 is 29.3 Å². The van der Waals surface area contributed by atoms with Crippen LogP contribution in [0.2, 0.25) is 0 Å². The number of nitrogens with one attached hydrogen (secondary N) is 1. The zero-order chi connectivity index (χ0) is 19.6. The van der Waals surface area contributed by atoms with Crippen LogP contribution in [0.3, 0.4) is 0 Å². The van der Waals surface area contributed by atoms with E-state index in [0.717, 1.165) is 11.1 Å². The molecule has 3 nitrogen and oxygen atoms in total. The van der Waals surface area contributed by atoms with Crippen molar-refractivity contribution in [2.24, 2.45) is 0 Å². The molecule has 3 aromatic rings. The second-order valence-electron chi connectivity index (χ2n) is 7.32. The first-order valence-corrected chi connectivity index (χ1v) is 9.37. The molecule has 1 heterocycles. The van der Waals surface area contributed by atoms with E-state index < -0.39 is 0 Å². The topological polar surface area (TPSA) is 49.9 Å². The van der Waals surface area contributed by atoms with Crippen molar-refractivity contribution in [3.63, 3.8) is 0 Å². The number of thiazole rings is 1. The summed E-state index contributed by atoms with van der Waals surface area (Å²) in [4.78, 5) is 27.3. The third-order valence-corrected chi connectivity index (χ3v) is 5.11. The minimum Gasteiger partial charge on any atom is -0.313 e. The first-order valence-electron chi connectivity index (χ1n) is 8.55. The molecule has 0 saturated carbocycles. The van der Waals surface area contributed by atoms with Gasteiger partial charge in [0.1, 0.15) is 5.82 Å². The Morgan fingerprint density at radius 2 is 1.67 bits per heavy atom. The number of rotatable bonds is 3. The number of halogens is 1. The SMILES string of the molecule is CC(C)(C)c1ccc(C(=O)/C=c2\[nH]c(=O)/c(=C\c3ccc(F)cc3)s2)cc1. The monoisotopic (exact) mass is 381 g/mol. The predicted octanol–water partition coefficient (Wildman–Crippen LogP) is 3.37. The lowest BCUT2D eigenvalue weighted by Gasteiger charge is -2.18. The van der Waals surface area contributed by atoms with Crippen LogP contribution in [-0.2, 0) is 5.41 Å². The molecular weight excluding hydrogens is 361 g/mol. The molecular formula is C22H20FNO2S. The standard InChI is InChI=1S/C22H20FNO2S/c1-22(2,3)16-8-6-15(7-9-16)18(25)13-20-24-21(26)19(27-20)12-14-4-10-17(23)11-5-14/h4-13H,1-3H3,(H,24,26)/b19-12+,20-13+. The van der Waals surface area contributed by atoms with Crippen molar-refractivity contribution in [3.8, 4) is 0 Å². The van der Waals surface area contributed by atoms with E-state index in [0.29, 0.717) is 14.8 Å². The first-order chi connectivity index (χ1) is 12.7. The van der Waals surface area contributed by atoms with Crippen molar-refractivity contribution in [2.45, 2.75) is 26.2 Å². The highest BCUT2D eigenvalue weighted by molar-refractivity contribution is 7.07. The van der Waals surface area contributed by atoms with Gasteiger partial charge in [-0.25, -0.2) is 4.39 Å². The Kier molecular flexibility index (Phi) is 5.24. The van der Waals surface area contributed by atoms with Gasteiger partial charge >= 0.3 is 0 Å². The molecule has 0 aliphatic carbocycles. The maximum Gasteiger partial charge on any atom is 0.266 e. The summed E-state index contributed by atoms with van der Waals surface area (Å²) in [6, 6.07) is 13.4. The molecule has 0 amide bonds.